The second-order valence-electron chi connectivity index (χ2n) is 6.23. The van der Waals surface area contributed by atoms with Crippen LogP contribution >= 0.6 is 0 Å². The van der Waals surface area contributed by atoms with Crippen LogP contribution in [0.15, 0.2) is 82.0 Å². The fraction of sp³-hybridized carbons (Fsp3) is 0.0435. The fourth-order valence-electron chi connectivity index (χ4n) is 3.02. The lowest BCUT2D eigenvalue weighted by Gasteiger charge is -2.11. The molecule has 0 bridgehead atoms. The molecular weight excluding hydrogens is 372 g/mol. The molecule has 4 aromatic rings. The summed E-state index contributed by atoms with van der Waals surface area (Å²) in [5.41, 5.74) is 0.541. The number of ether oxygens (including phenoxy) is 2. The Bertz CT molecular complexity index is 1240. The molecule has 6 nitrogen and oxygen atoms in total. The third-order valence-corrected chi connectivity index (χ3v) is 4.37. The molecule has 29 heavy (non-hydrogen) atoms. The number of aromatic hydroxyl groups is 1. The van der Waals surface area contributed by atoms with Gasteiger partial charge in [-0.25, -0.2) is 4.79 Å². The van der Waals surface area contributed by atoms with Crippen LogP contribution < -0.4 is 14.9 Å². The minimum Gasteiger partial charge on any atom is -0.507 e. The van der Waals surface area contributed by atoms with Crippen molar-refractivity contribution in [2.45, 2.75) is 0 Å². The molecule has 0 radical (unpaired) electrons. The van der Waals surface area contributed by atoms with E-state index in [2.05, 4.69) is 0 Å². The average Bonchev–Trinajstić information content (AvgIpc) is 2.74. The molecule has 4 rings (SSSR count). The van der Waals surface area contributed by atoms with Gasteiger partial charge in [0.15, 0.2) is 5.76 Å². The Morgan fingerprint density at radius 2 is 1.62 bits per heavy atom. The normalized spacial score (nSPS) is 10.7. The molecule has 1 N–H and O–H groups in total. The van der Waals surface area contributed by atoms with Crippen molar-refractivity contribution in [2.75, 3.05) is 7.11 Å². The third kappa shape index (κ3) is 3.43. The number of methoxy groups -OCH3 is 1. The number of phenols is 1. The van der Waals surface area contributed by atoms with Crippen molar-refractivity contribution in [1.82, 2.24) is 0 Å². The number of benzene rings is 3. The molecular formula is C23H16O6. The molecule has 0 aliphatic heterocycles. The van der Waals surface area contributed by atoms with Crippen molar-refractivity contribution >= 4 is 16.9 Å². The number of phenolic OH excluding ortho intramolecular Hbond substituents is 1. The van der Waals surface area contributed by atoms with E-state index in [4.69, 9.17) is 13.9 Å². The van der Waals surface area contributed by atoms with Crippen molar-refractivity contribution in [3.8, 4) is 28.6 Å². The van der Waals surface area contributed by atoms with E-state index in [0.717, 1.165) is 0 Å². The fourth-order valence-corrected chi connectivity index (χ4v) is 3.02. The number of esters is 1. The summed E-state index contributed by atoms with van der Waals surface area (Å²) in [4.78, 5) is 25.2. The summed E-state index contributed by atoms with van der Waals surface area (Å²) in [6, 6.07) is 20.0. The Morgan fingerprint density at radius 1 is 0.966 bits per heavy atom. The zero-order valence-corrected chi connectivity index (χ0v) is 15.4. The van der Waals surface area contributed by atoms with Crippen molar-refractivity contribution in [3.05, 3.63) is 88.6 Å². The highest BCUT2D eigenvalue weighted by atomic mass is 16.5. The molecule has 3 aromatic carbocycles. The summed E-state index contributed by atoms with van der Waals surface area (Å²) in [6.45, 7) is 0. The Kier molecular flexibility index (Phi) is 4.75. The molecule has 0 aliphatic carbocycles. The summed E-state index contributed by atoms with van der Waals surface area (Å²) in [6.07, 6.45) is 0. The van der Waals surface area contributed by atoms with Gasteiger partial charge >= 0.3 is 5.97 Å². The predicted octanol–water partition coefficient (Wildman–Crippen LogP) is 4.39. The monoisotopic (exact) mass is 388 g/mol. The molecule has 0 saturated carbocycles. The van der Waals surface area contributed by atoms with E-state index in [-0.39, 0.29) is 34.0 Å². The molecule has 0 fully saturated rings. The lowest BCUT2D eigenvalue weighted by molar-refractivity contribution is 0.0734. The van der Waals surface area contributed by atoms with E-state index in [1.54, 1.807) is 54.6 Å². The first-order valence-electron chi connectivity index (χ1n) is 8.79. The van der Waals surface area contributed by atoms with E-state index in [1.807, 2.05) is 6.07 Å². The van der Waals surface area contributed by atoms with Gasteiger partial charge in [0, 0.05) is 17.7 Å². The highest BCUT2D eigenvalue weighted by Crippen LogP contribution is 2.35. The summed E-state index contributed by atoms with van der Waals surface area (Å²) in [5, 5.41) is 10.3. The van der Waals surface area contributed by atoms with Crippen LogP contribution in [-0.2, 0) is 0 Å². The molecule has 144 valence electrons. The van der Waals surface area contributed by atoms with Crippen molar-refractivity contribution in [2.24, 2.45) is 0 Å². The SMILES string of the molecule is COc1c(-c2ccccc2)oc2cc(OC(=O)c3ccccc3)cc(O)c2c1=O. The van der Waals surface area contributed by atoms with E-state index >= 15 is 0 Å². The van der Waals surface area contributed by atoms with Gasteiger partial charge in [0.1, 0.15) is 22.5 Å². The van der Waals surface area contributed by atoms with Crippen LogP contribution in [0, 0.1) is 0 Å². The third-order valence-electron chi connectivity index (χ3n) is 4.37. The Hall–Kier alpha value is -4.06. The number of rotatable bonds is 4. The highest BCUT2D eigenvalue weighted by molar-refractivity contribution is 5.93. The molecule has 0 unspecified atom stereocenters. The molecule has 1 aromatic heterocycles. The maximum absolute atomic E-state index is 12.9. The predicted molar refractivity (Wildman–Crippen MR) is 108 cm³/mol. The van der Waals surface area contributed by atoms with Crippen LogP contribution in [0.4, 0.5) is 0 Å². The lowest BCUT2D eigenvalue weighted by Crippen LogP contribution is -2.10. The van der Waals surface area contributed by atoms with Gasteiger partial charge in [0.2, 0.25) is 11.2 Å². The number of carbonyl (C=O) groups excluding carboxylic acids is 1. The minimum absolute atomic E-state index is 0.0203. The number of hydrogen-bond acceptors (Lipinski definition) is 6. The molecule has 0 amide bonds. The van der Waals surface area contributed by atoms with Gasteiger partial charge in [0.05, 0.1) is 12.7 Å². The average molecular weight is 388 g/mol. The first-order chi connectivity index (χ1) is 14.1. The summed E-state index contributed by atoms with van der Waals surface area (Å²) < 4.78 is 16.5. The quantitative estimate of drug-likeness (QED) is 0.412. The Labute approximate surface area is 165 Å². The Balaban J connectivity index is 1.84. The number of fused-ring (bicyclic) bond motifs is 1. The van der Waals surface area contributed by atoms with E-state index < -0.39 is 11.4 Å². The second-order valence-corrected chi connectivity index (χ2v) is 6.23. The van der Waals surface area contributed by atoms with E-state index in [9.17, 15) is 14.7 Å². The zero-order valence-electron chi connectivity index (χ0n) is 15.4. The van der Waals surface area contributed by atoms with Crippen LogP contribution in [0.1, 0.15) is 10.4 Å². The maximum atomic E-state index is 12.9. The molecule has 0 spiro atoms. The summed E-state index contributed by atoms with van der Waals surface area (Å²) in [7, 11) is 1.36. The van der Waals surface area contributed by atoms with Crippen LogP contribution in [0.25, 0.3) is 22.3 Å². The molecule has 0 aliphatic rings. The largest absolute Gasteiger partial charge is 0.507 e. The van der Waals surface area contributed by atoms with Crippen LogP contribution in [0.3, 0.4) is 0 Å². The van der Waals surface area contributed by atoms with E-state index in [1.165, 1.54) is 19.2 Å². The minimum atomic E-state index is -0.594. The van der Waals surface area contributed by atoms with Gasteiger partial charge in [-0.15, -0.1) is 0 Å². The topological polar surface area (TPSA) is 86.0 Å². The van der Waals surface area contributed by atoms with Crippen LogP contribution in [-0.4, -0.2) is 18.2 Å². The number of carbonyl (C=O) groups is 1. The smallest absolute Gasteiger partial charge is 0.343 e. The molecule has 0 atom stereocenters. The van der Waals surface area contributed by atoms with Gasteiger partial charge in [-0.05, 0) is 12.1 Å². The maximum Gasteiger partial charge on any atom is 0.343 e. The second kappa shape index (κ2) is 7.52. The number of hydrogen-bond donors (Lipinski definition) is 1. The molecule has 0 saturated heterocycles. The van der Waals surface area contributed by atoms with Gasteiger partial charge in [0.25, 0.3) is 0 Å². The van der Waals surface area contributed by atoms with Crippen LogP contribution in [0.5, 0.6) is 17.2 Å². The van der Waals surface area contributed by atoms with Crippen LogP contribution in [0.2, 0.25) is 0 Å². The Morgan fingerprint density at radius 3 is 2.28 bits per heavy atom. The van der Waals surface area contributed by atoms with Gasteiger partial charge in [-0.1, -0.05) is 48.5 Å². The summed E-state index contributed by atoms with van der Waals surface area (Å²) >= 11 is 0. The van der Waals surface area contributed by atoms with Gasteiger partial charge in [-0.3, -0.25) is 4.79 Å². The lowest BCUT2D eigenvalue weighted by atomic mass is 10.1. The van der Waals surface area contributed by atoms with Gasteiger partial charge < -0.3 is 19.0 Å². The standard InChI is InChI=1S/C23H16O6/c1-27-22-20(25)19-17(24)12-16(28-23(26)15-10-6-3-7-11-15)13-18(19)29-21(22)14-8-4-2-5-9-14/h2-13,24H,1H3. The van der Waals surface area contributed by atoms with Crippen molar-refractivity contribution in [3.63, 3.8) is 0 Å². The van der Waals surface area contributed by atoms with E-state index in [0.29, 0.717) is 11.1 Å². The molecule has 1 heterocycles. The highest BCUT2D eigenvalue weighted by Gasteiger charge is 2.21. The zero-order chi connectivity index (χ0) is 20.4. The van der Waals surface area contributed by atoms with Crippen molar-refractivity contribution in [1.29, 1.82) is 0 Å². The first kappa shape index (κ1) is 18.3. The molecule has 6 heteroatoms. The van der Waals surface area contributed by atoms with Gasteiger partial charge in [-0.2, -0.15) is 0 Å². The first-order valence-corrected chi connectivity index (χ1v) is 8.79. The van der Waals surface area contributed by atoms with Crippen molar-refractivity contribution < 1.29 is 23.8 Å². The summed E-state index contributed by atoms with van der Waals surface area (Å²) in [5.74, 6) is -0.714.